The predicted molar refractivity (Wildman–Crippen MR) is 142 cm³/mol. The molecule has 0 spiro atoms. The van der Waals surface area contributed by atoms with Crippen molar-refractivity contribution in [2.24, 2.45) is 0 Å². The van der Waals surface area contributed by atoms with Gasteiger partial charge in [0.05, 0.1) is 12.8 Å². The van der Waals surface area contributed by atoms with Crippen LogP contribution in [0.3, 0.4) is 0 Å². The molecular weight excluding hydrogens is 510 g/mol. The van der Waals surface area contributed by atoms with Crippen LogP contribution in [0.4, 0.5) is 15.4 Å². The Labute approximate surface area is 221 Å². The van der Waals surface area contributed by atoms with Crippen molar-refractivity contribution in [3.8, 4) is 0 Å². The SMILES string of the molecule is O=C(Cc1ccncc1)Cc1nnc(NC2CCN(c3nnc(NC(=O)Cc4ccncc4)s3)CC2)s1. The second kappa shape index (κ2) is 11.9. The zero-order valence-corrected chi connectivity index (χ0v) is 21.5. The molecule has 190 valence electrons. The summed E-state index contributed by atoms with van der Waals surface area (Å²) in [7, 11) is 0. The van der Waals surface area contributed by atoms with Gasteiger partial charge in [-0.1, -0.05) is 22.7 Å². The fourth-order valence-electron chi connectivity index (χ4n) is 3.98. The van der Waals surface area contributed by atoms with Gasteiger partial charge < -0.3 is 15.5 Å². The van der Waals surface area contributed by atoms with Crippen LogP contribution in [-0.4, -0.2) is 61.2 Å². The number of anilines is 3. The van der Waals surface area contributed by atoms with Crippen LogP contribution < -0.4 is 15.5 Å². The lowest BCUT2D eigenvalue weighted by molar-refractivity contribution is -0.118. The van der Waals surface area contributed by atoms with E-state index in [4.69, 9.17) is 0 Å². The standard InChI is InChI=1S/C24H25N9O2S2/c34-19(13-16-1-7-25-8-2-16)15-21-29-30-22(36-21)27-18-5-11-33(12-6-18)24-32-31-23(37-24)28-20(35)14-17-3-9-26-10-4-17/h1-4,7-10,18H,5-6,11-15H2,(H,27,30)(H,28,31,35). The number of hydrogen-bond donors (Lipinski definition) is 2. The average molecular weight is 536 g/mol. The van der Waals surface area contributed by atoms with Crippen LogP contribution in [0.1, 0.15) is 29.0 Å². The van der Waals surface area contributed by atoms with Crippen molar-refractivity contribution in [3.05, 3.63) is 65.2 Å². The first kappa shape index (κ1) is 24.8. The quantitative estimate of drug-likeness (QED) is 0.312. The third kappa shape index (κ3) is 7.11. The molecule has 0 aromatic carbocycles. The van der Waals surface area contributed by atoms with Crippen LogP contribution in [0.5, 0.6) is 0 Å². The van der Waals surface area contributed by atoms with E-state index in [-0.39, 0.29) is 30.6 Å². The molecule has 1 aliphatic heterocycles. The van der Waals surface area contributed by atoms with E-state index in [1.165, 1.54) is 22.7 Å². The summed E-state index contributed by atoms with van der Waals surface area (Å²) in [6.07, 6.45) is 9.42. The second-order valence-electron chi connectivity index (χ2n) is 8.62. The molecule has 11 nitrogen and oxygen atoms in total. The van der Waals surface area contributed by atoms with Crippen molar-refractivity contribution in [2.75, 3.05) is 28.6 Å². The van der Waals surface area contributed by atoms with E-state index in [1.807, 2.05) is 24.3 Å². The highest BCUT2D eigenvalue weighted by Gasteiger charge is 2.23. The summed E-state index contributed by atoms with van der Waals surface area (Å²) in [6, 6.07) is 7.59. The number of nitrogens with zero attached hydrogens (tertiary/aromatic N) is 7. The van der Waals surface area contributed by atoms with E-state index in [2.05, 4.69) is 45.9 Å². The molecular formula is C24H25N9O2S2. The van der Waals surface area contributed by atoms with E-state index < -0.39 is 0 Å². The fraction of sp³-hybridized carbons (Fsp3) is 0.333. The van der Waals surface area contributed by atoms with Crippen molar-refractivity contribution in [1.82, 2.24) is 30.4 Å². The molecule has 4 aromatic rings. The number of carbonyl (C=O) groups is 2. The van der Waals surface area contributed by atoms with Gasteiger partial charge in [-0.25, -0.2) is 0 Å². The van der Waals surface area contributed by atoms with Crippen LogP contribution in [0.15, 0.2) is 49.1 Å². The lowest BCUT2D eigenvalue weighted by atomic mass is 10.1. The Morgan fingerprint density at radius 2 is 1.46 bits per heavy atom. The summed E-state index contributed by atoms with van der Waals surface area (Å²) >= 11 is 2.80. The van der Waals surface area contributed by atoms with Crippen molar-refractivity contribution >= 4 is 49.8 Å². The summed E-state index contributed by atoms with van der Waals surface area (Å²) in [5.74, 6) is -0.0282. The summed E-state index contributed by atoms with van der Waals surface area (Å²) in [5, 5.41) is 25.8. The lowest BCUT2D eigenvalue weighted by Crippen LogP contribution is -2.39. The first-order chi connectivity index (χ1) is 18.1. The van der Waals surface area contributed by atoms with Gasteiger partial charge in [-0.2, -0.15) is 0 Å². The Morgan fingerprint density at radius 3 is 2.16 bits per heavy atom. The first-order valence-electron chi connectivity index (χ1n) is 11.9. The van der Waals surface area contributed by atoms with Crippen LogP contribution in [0.25, 0.3) is 0 Å². The normalized spacial score (nSPS) is 13.9. The molecule has 13 heteroatoms. The first-order valence-corrected chi connectivity index (χ1v) is 13.5. The lowest BCUT2D eigenvalue weighted by Gasteiger charge is -2.31. The Bertz CT molecular complexity index is 1320. The number of aromatic nitrogens is 6. The minimum atomic E-state index is -0.132. The molecule has 5 rings (SSSR count). The number of pyridine rings is 2. The zero-order valence-electron chi connectivity index (χ0n) is 19.9. The molecule has 1 aliphatic rings. The summed E-state index contributed by atoms with van der Waals surface area (Å²) < 4.78 is 0. The van der Waals surface area contributed by atoms with Gasteiger partial charge >= 0.3 is 0 Å². The van der Waals surface area contributed by atoms with Gasteiger partial charge in [0.15, 0.2) is 0 Å². The molecule has 0 bridgehead atoms. The van der Waals surface area contributed by atoms with Gasteiger partial charge in [-0.15, -0.1) is 20.4 Å². The molecule has 2 N–H and O–H groups in total. The number of rotatable bonds is 10. The highest BCUT2D eigenvalue weighted by atomic mass is 32.1. The third-order valence-electron chi connectivity index (χ3n) is 5.83. The number of carbonyl (C=O) groups excluding carboxylic acids is 2. The molecule has 5 heterocycles. The van der Waals surface area contributed by atoms with Crippen molar-refractivity contribution in [2.45, 2.75) is 38.1 Å². The maximum absolute atomic E-state index is 12.4. The fourth-order valence-corrected chi connectivity index (χ4v) is 5.63. The van der Waals surface area contributed by atoms with E-state index in [0.29, 0.717) is 16.6 Å². The monoisotopic (exact) mass is 535 g/mol. The summed E-state index contributed by atoms with van der Waals surface area (Å²) in [4.78, 5) is 34.8. The van der Waals surface area contributed by atoms with E-state index in [9.17, 15) is 9.59 Å². The summed E-state index contributed by atoms with van der Waals surface area (Å²) in [5.41, 5.74) is 1.84. The zero-order chi connectivity index (χ0) is 25.5. The van der Waals surface area contributed by atoms with E-state index in [1.54, 1.807) is 24.8 Å². The summed E-state index contributed by atoms with van der Waals surface area (Å²) in [6.45, 7) is 1.63. The van der Waals surface area contributed by atoms with Gasteiger partial charge in [0.25, 0.3) is 0 Å². The number of Topliss-reactive ketones (excluding diaryl/α,β-unsaturated/α-hetero) is 1. The highest BCUT2D eigenvalue weighted by Crippen LogP contribution is 2.28. The third-order valence-corrected chi connectivity index (χ3v) is 7.59. The Morgan fingerprint density at radius 1 is 0.811 bits per heavy atom. The largest absolute Gasteiger partial charge is 0.357 e. The predicted octanol–water partition coefficient (Wildman–Crippen LogP) is 2.80. The maximum Gasteiger partial charge on any atom is 0.230 e. The molecule has 0 saturated carbocycles. The molecule has 1 fully saturated rings. The molecule has 0 aliphatic carbocycles. The maximum atomic E-state index is 12.4. The van der Waals surface area contributed by atoms with Crippen LogP contribution in [0, 0.1) is 0 Å². The number of hydrogen-bond acceptors (Lipinski definition) is 12. The van der Waals surface area contributed by atoms with Crippen LogP contribution >= 0.6 is 22.7 Å². The van der Waals surface area contributed by atoms with Crippen molar-refractivity contribution in [1.29, 1.82) is 0 Å². The molecule has 0 radical (unpaired) electrons. The molecule has 1 amide bonds. The smallest absolute Gasteiger partial charge is 0.230 e. The number of nitrogens with one attached hydrogen (secondary N) is 2. The van der Waals surface area contributed by atoms with E-state index in [0.717, 1.165) is 47.3 Å². The van der Waals surface area contributed by atoms with Gasteiger partial charge in [0.2, 0.25) is 21.3 Å². The molecule has 4 aromatic heterocycles. The van der Waals surface area contributed by atoms with Gasteiger partial charge in [-0.05, 0) is 48.2 Å². The van der Waals surface area contributed by atoms with Crippen molar-refractivity contribution in [3.63, 3.8) is 0 Å². The van der Waals surface area contributed by atoms with Gasteiger partial charge in [-0.3, -0.25) is 19.6 Å². The molecule has 0 atom stereocenters. The Hall–Kier alpha value is -3.84. The highest BCUT2D eigenvalue weighted by molar-refractivity contribution is 7.19. The molecule has 0 unspecified atom stereocenters. The Kier molecular flexibility index (Phi) is 8.01. The molecule has 37 heavy (non-hydrogen) atoms. The minimum absolute atomic E-state index is 0.104. The van der Waals surface area contributed by atoms with Crippen molar-refractivity contribution < 1.29 is 9.59 Å². The Balaban J connectivity index is 1.06. The van der Waals surface area contributed by atoms with Crippen LogP contribution in [-0.2, 0) is 28.9 Å². The molecule has 1 saturated heterocycles. The van der Waals surface area contributed by atoms with Gasteiger partial charge in [0.1, 0.15) is 10.8 Å². The average Bonchev–Trinajstić information content (AvgIpc) is 3.55. The number of ketones is 1. The topological polar surface area (TPSA) is 139 Å². The van der Waals surface area contributed by atoms with Crippen LogP contribution in [0.2, 0.25) is 0 Å². The second-order valence-corrected chi connectivity index (χ2v) is 10.6. The minimum Gasteiger partial charge on any atom is -0.357 e. The number of piperidine rings is 1. The number of amides is 1. The van der Waals surface area contributed by atoms with Gasteiger partial charge in [0, 0.05) is 50.3 Å². The van der Waals surface area contributed by atoms with E-state index >= 15 is 0 Å².